The highest BCUT2D eigenvalue weighted by molar-refractivity contribution is 5.50. The molecule has 0 spiro atoms. The van der Waals surface area contributed by atoms with Gasteiger partial charge in [0.25, 0.3) is 5.69 Å². The van der Waals surface area contributed by atoms with E-state index in [1.54, 1.807) is 0 Å². The van der Waals surface area contributed by atoms with Gasteiger partial charge in [-0.25, -0.2) is 4.39 Å². The van der Waals surface area contributed by atoms with Crippen LogP contribution in [0.3, 0.4) is 0 Å². The predicted octanol–water partition coefficient (Wildman–Crippen LogP) is 2.41. The van der Waals surface area contributed by atoms with Gasteiger partial charge < -0.3 is 5.32 Å². The quantitative estimate of drug-likeness (QED) is 0.504. The standard InChI is InChI=1S/C13H16FN3O2/c14-12-10-11(17(18)19)4-5-13(12)15-6-9-16-7-2-1-3-8-16/h1-2,4-5,10,15H,3,6-9H2. The topological polar surface area (TPSA) is 58.4 Å². The predicted molar refractivity (Wildman–Crippen MR) is 71.7 cm³/mol. The number of halogens is 1. The molecular weight excluding hydrogens is 249 g/mol. The third-order valence-corrected chi connectivity index (χ3v) is 3.05. The van der Waals surface area contributed by atoms with Gasteiger partial charge in [-0.3, -0.25) is 15.0 Å². The Kier molecular flexibility index (Phi) is 4.46. The van der Waals surface area contributed by atoms with Crippen LogP contribution in [0.4, 0.5) is 15.8 Å². The molecule has 1 heterocycles. The molecule has 1 N–H and O–H groups in total. The zero-order chi connectivity index (χ0) is 13.7. The van der Waals surface area contributed by atoms with Crippen molar-refractivity contribution in [2.24, 2.45) is 0 Å². The van der Waals surface area contributed by atoms with Crippen LogP contribution in [0.5, 0.6) is 0 Å². The van der Waals surface area contributed by atoms with Crippen LogP contribution in [0.2, 0.25) is 0 Å². The summed E-state index contributed by atoms with van der Waals surface area (Å²) in [4.78, 5) is 12.1. The van der Waals surface area contributed by atoms with Gasteiger partial charge in [-0.1, -0.05) is 12.2 Å². The van der Waals surface area contributed by atoms with E-state index >= 15 is 0 Å². The normalized spacial score (nSPS) is 15.4. The molecule has 5 nitrogen and oxygen atoms in total. The van der Waals surface area contributed by atoms with Gasteiger partial charge in [-0.2, -0.15) is 0 Å². The van der Waals surface area contributed by atoms with Gasteiger partial charge in [0, 0.05) is 32.2 Å². The summed E-state index contributed by atoms with van der Waals surface area (Å²) >= 11 is 0. The molecule has 6 heteroatoms. The first-order valence-electron chi connectivity index (χ1n) is 6.22. The Morgan fingerprint density at radius 3 is 2.89 bits per heavy atom. The first-order chi connectivity index (χ1) is 9.16. The molecule has 0 aromatic heterocycles. The Balaban J connectivity index is 1.85. The lowest BCUT2D eigenvalue weighted by molar-refractivity contribution is -0.385. The Morgan fingerprint density at radius 1 is 1.42 bits per heavy atom. The van der Waals surface area contributed by atoms with Gasteiger partial charge in [0.05, 0.1) is 16.7 Å². The molecule has 19 heavy (non-hydrogen) atoms. The van der Waals surface area contributed by atoms with Crippen LogP contribution in [-0.4, -0.2) is 36.0 Å². The van der Waals surface area contributed by atoms with E-state index in [0.29, 0.717) is 12.2 Å². The fraction of sp³-hybridized carbons (Fsp3) is 0.385. The molecule has 0 saturated heterocycles. The van der Waals surface area contributed by atoms with Gasteiger partial charge in [-0.05, 0) is 12.5 Å². The summed E-state index contributed by atoms with van der Waals surface area (Å²) in [5.41, 5.74) is 0.0716. The third kappa shape index (κ3) is 3.75. The minimum Gasteiger partial charge on any atom is -0.381 e. The lowest BCUT2D eigenvalue weighted by atomic mass is 10.2. The van der Waals surface area contributed by atoms with E-state index in [9.17, 15) is 14.5 Å². The lowest BCUT2D eigenvalue weighted by Gasteiger charge is -2.23. The van der Waals surface area contributed by atoms with Gasteiger partial charge in [-0.15, -0.1) is 0 Å². The largest absolute Gasteiger partial charge is 0.381 e. The van der Waals surface area contributed by atoms with Crippen molar-refractivity contribution in [3.05, 3.63) is 46.3 Å². The molecule has 0 saturated carbocycles. The third-order valence-electron chi connectivity index (χ3n) is 3.05. The zero-order valence-corrected chi connectivity index (χ0v) is 10.5. The monoisotopic (exact) mass is 265 g/mol. The van der Waals surface area contributed by atoms with Gasteiger partial charge in [0.2, 0.25) is 0 Å². The van der Waals surface area contributed by atoms with Gasteiger partial charge >= 0.3 is 0 Å². The van der Waals surface area contributed by atoms with Crippen molar-refractivity contribution in [2.45, 2.75) is 6.42 Å². The molecule has 0 radical (unpaired) electrons. The number of nitrogens with zero attached hydrogens (tertiary/aromatic N) is 2. The second-order valence-electron chi connectivity index (χ2n) is 4.41. The molecule has 2 rings (SSSR count). The number of anilines is 1. The smallest absolute Gasteiger partial charge is 0.272 e. The highest BCUT2D eigenvalue weighted by atomic mass is 19.1. The molecule has 1 aromatic carbocycles. The molecule has 0 fully saturated rings. The second kappa shape index (κ2) is 6.29. The van der Waals surface area contributed by atoms with Crippen LogP contribution in [0.25, 0.3) is 0 Å². The molecule has 0 aliphatic carbocycles. The SMILES string of the molecule is O=[N+]([O-])c1ccc(NCCN2CC=CCC2)c(F)c1. The van der Waals surface area contributed by atoms with Crippen LogP contribution in [0.1, 0.15) is 6.42 Å². The zero-order valence-electron chi connectivity index (χ0n) is 10.5. The molecule has 0 unspecified atom stereocenters. The highest BCUT2D eigenvalue weighted by Crippen LogP contribution is 2.20. The Morgan fingerprint density at radius 2 is 2.26 bits per heavy atom. The number of hydrogen-bond donors (Lipinski definition) is 1. The first-order valence-corrected chi connectivity index (χ1v) is 6.22. The molecule has 0 amide bonds. The van der Waals surface area contributed by atoms with Crippen LogP contribution >= 0.6 is 0 Å². The van der Waals surface area contributed by atoms with E-state index in [-0.39, 0.29) is 5.69 Å². The van der Waals surface area contributed by atoms with Crippen LogP contribution < -0.4 is 5.32 Å². The number of non-ortho nitro benzene ring substituents is 1. The number of benzene rings is 1. The summed E-state index contributed by atoms with van der Waals surface area (Å²) in [6.07, 6.45) is 5.32. The van der Waals surface area contributed by atoms with E-state index < -0.39 is 10.7 Å². The molecular formula is C13H16FN3O2. The number of nitro groups is 1. The van der Waals surface area contributed by atoms with Crippen molar-refractivity contribution < 1.29 is 9.31 Å². The summed E-state index contributed by atoms with van der Waals surface area (Å²) in [6, 6.07) is 3.64. The molecule has 0 atom stereocenters. The van der Waals surface area contributed by atoms with Crippen molar-refractivity contribution in [1.82, 2.24) is 4.90 Å². The Hall–Kier alpha value is -1.95. The fourth-order valence-electron chi connectivity index (χ4n) is 2.00. The molecule has 1 aliphatic rings. The minimum absolute atomic E-state index is 0.232. The Labute approximate surface area is 110 Å². The van der Waals surface area contributed by atoms with Crippen LogP contribution in [-0.2, 0) is 0 Å². The fourth-order valence-corrected chi connectivity index (χ4v) is 2.00. The highest BCUT2D eigenvalue weighted by Gasteiger charge is 2.11. The first kappa shape index (κ1) is 13.5. The molecule has 0 bridgehead atoms. The summed E-state index contributed by atoms with van der Waals surface area (Å²) in [5, 5.41) is 13.5. The van der Waals surface area contributed by atoms with E-state index in [1.807, 2.05) is 0 Å². The van der Waals surface area contributed by atoms with E-state index in [1.165, 1.54) is 12.1 Å². The van der Waals surface area contributed by atoms with Gasteiger partial charge in [0.1, 0.15) is 0 Å². The number of hydrogen-bond acceptors (Lipinski definition) is 4. The van der Waals surface area contributed by atoms with Crippen molar-refractivity contribution in [1.29, 1.82) is 0 Å². The summed E-state index contributed by atoms with van der Waals surface area (Å²) in [5.74, 6) is -0.590. The maximum Gasteiger partial charge on any atom is 0.272 e. The van der Waals surface area contributed by atoms with Crippen molar-refractivity contribution in [3.8, 4) is 0 Å². The maximum absolute atomic E-state index is 13.6. The van der Waals surface area contributed by atoms with E-state index in [2.05, 4.69) is 22.4 Å². The number of nitro benzene ring substituents is 1. The van der Waals surface area contributed by atoms with Crippen LogP contribution in [0, 0.1) is 15.9 Å². The minimum atomic E-state index is -0.604. The lowest BCUT2D eigenvalue weighted by Crippen LogP contribution is -2.31. The average molecular weight is 265 g/mol. The van der Waals surface area contributed by atoms with Gasteiger partial charge in [0.15, 0.2) is 5.82 Å². The van der Waals surface area contributed by atoms with E-state index in [0.717, 1.165) is 32.1 Å². The summed E-state index contributed by atoms with van der Waals surface area (Å²) < 4.78 is 13.6. The second-order valence-corrected chi connectivity index (χ2v) is 4.41. The van der Waals surface area contributed by atoms with Crippen molar-refractivity contribution in [3.63, 3.8) is 0 Å². The molecule has 1 aromatic rings. The summed E-state index contributed by atoms with van der Waals surface area (Å²) in [7, 11) is 0. The number of rotatable bonds is 5. The molecule has 1 aliphatic heterocycles. The van der Waals surface area contributed by atoms with Crippen molar-refractivity contribution >= 4 is 11.4 Å². The average Bonchev–Trinajstić information content (AvgIpc) is 2.41. The Bertz CT molecular complexity index is 491. The maximum atomic E-state index is 13.6. The number of nitrogens with one attached hydrogen (secondary N) is 1. The van der Waals surface area contributed by atoms with E-state index in [4.69, 9.17) is 0 Å². The summed E-state index contributed by atoms with van der Waals surface area (Å²) in [6.45, 7) is 3.37. The molecule has 102 valence electrons. The van der Waals surface area contributed by atoms with Crippen molar-refractivity contribution in [2.75, 3.05) is 31.5 Å². The van der Waals surface area contributed by atoms with Crippen LogP contribution in [0.15, 0.2) is 30.4 Å².